The third-order valence-electron chi connectivity index (χ3n) is 5.06. The first-order valence-electron chi connectivity index (χ1n) is 10.8. The number of aliphatic hydroxyl groups excluding tert-OH is 1. The van der Waals surface area contributed by atoms with E-state index in [0.717, 1.165) is 17.4 Å². The van der Waals surface area contributed by atoms with Gasteiger partial charge in [-0.25, -0.2) is 13.2 Å². The molecule has 2 atom stereocenters. The molecule has 2 aromatic carbocycles. The van der Waals surface area contributed by atoms with Crippen molar-refractivity contribution in [2.24, 2.45) is 5.92 Å². The van der Waals surface area contributed by atoms with Gasteiger partial charge in [0.2, 0.25) is 10.0 Å². The van der Waals surface area contributed by atoms with E-state index in [9.17, 15) is 18.3 Å². The summed E-state index contributed by atoms with van der Waals surface area (Å²) in [6, 6.07) is 18.8. The second-order valence-corrected chi connectivity index (χ2v) is 10.3. The van der Waals surface area contributed by atoms with Crippen molar-refractivity contribution in [2.45, 2.75) is 45.4 Å². The Morgan fingerprint density at radius 2 is 1.59 bits per heavy atom. The summed E-state index contributed by atoms with van der Waals surface area (Å²) >= 11 is 0. The molecule has 0 aliphatic carbocycles. The number of nitrogens with one attached hydrogen (secondary N) is 1. The van der Waals surface area contributed by atoms with Gasteiger partial charge >= 0.3 is 6.09 Å². The SMILES string of the molecule is CC(C)CCN(C[C@H](O)[C@H](Cc1ccccc1)OC(=O)NCc1ccccc1)S(C)(=O)=O. The molecule has 0 saturated carbocycles. The van der Waals surface area contributed by atoms with E-state index in [1.54, 1.807) is 0 Å². The minimum Gasteiger partial charge on any atom is -0.443 e. The molecule has 176 valence electrons. The molecular weight excluding hydrogens is 428 g/mol. The number of aliphatic hydroxyl groups is 1. The number of carbonyl (C=O) groups is 1. The van der Waals surface area contributed by atoms with Crippen molar-refractivity contribution in [3.8, 4) is 0 Å². The molecule has 0 saturated heterocycles. The zero-order chi connectivity index (χ0) is 23.6. The highest BCUT2D eigenvalue weighted by Gasteiger charge is 2.29. The predicted octanol–water partition coefficient (Wildman–Crippen LogP) is 3.19. The summed E-state index contributed by atoms with van der Waals surface area (Å²) < 4.78 is 31.3. The molecule has 0 heterocycles. The van der Waals surface area contributed by atoms with Gasteiger partial charge in [-0.3, -0.25) is 0 Å². The highest BCUT2D eigenvalue weighted by Crippen LogP contribution is 2.14. The van der Waals surface area contributed by atoms with Gasteiger partial charge in [-0.15, -0.1) is 0 Å². The maximum Gasteiger partial charge on any atom is 0.407 e. The Bertz CT molecular complexity index is 920. The lowest BCUT2D eigenvalue weighted by Gasteiger charge is -2.28. The van der Waals surface area contributed by atoms with E-state index in [0.29, 0.717) is 18.9 Å². The number of benzene rings is 2. The number of nitrogens with zero attached hydrogens (tertiary/aromatic N) is 1. The van der Waals surface area contributed by atoms with Crippen molar-refractivity contribution in [3.63, 3.8) is 0 Å². The van der Waals surface area contributed by atoms with Gasteiger partial charge in [-0.05, 0) is 23.5 Å². The zero-order valence-electron chi connectivity index (χ0n) is 19.0. The average molecular weight is 463 g/mol. The lowest BCUT2D eigenvalue weighted by atomic mass is 10.0. The molecule has 0 aliphatic heterocycles. The number of hydrogen-bond donors (Lipinski definition) is 2. The Hall–Kier alpha value is -2.42. The number of ether oxygens (including phenoxy) is 1. The summed E-state index contributed by atoms with van der Waals surface area (Å²) in [5.41, 5.74) is 1.79. The van der Waals surface area contributed by atoms with E-state index in [1.165, 1.54) is 4.31 Å². The van der Waals surface area contributed by atoms with E-state index in [1.807, 2.05) is 74.5 Å². The molecule has 2 aromatic rings. The molecule has 1 amide bonds. The number of sulfonamides is 1. The van der Waals surface area contributed by atoms with E-state index in [2.05, 4.69) is 5.32 Å². The van der Waals surface area contributed by atoms with Crippen LogP contribution in [-0.4, -0.2) is 55.5 Å². The second-order valence-electron chi connectivity index (χ2n) is 8.34. The molecule has 7 nitrogen and oxygen atoms in total. The topological polar surface area (TPSA) is 95.9 Å². The van der Waals surface area contributed by atoms with Crippen molar-refractivity contribution in [1.82, 2.24) is 9.62 Å². The molecule has 0 aromatic heterocycles. The third kappa shape index (κ3) is 9.38. The average Bonchev–Trinajstić information content (AvgIpc) is 2.75. The number of carbonyl (C=O) groups excluding carboxylic acids is 1. The molecular formula is C24H34N2O5S. The van der Waals surface area contributed by atoms with Gasteiger partial charge in [0.15, 0.2) is 0 Å². The maximum absolute atomic E-state index is 12.4. The monoisotopic (exact) mass is 462 g/mol. The molecule has 0 bridgehead atoms. The van der Waals surface area contributed by atoms with E-state index in [4.69, 9.17) is 4.74 Å². The van der Waals surface area contributed by atoms with Crippen molar-refractivity contribution >= 4 is 16.1 Å². The van der Waals surface area contributed by atoms with Crippen LogP contribution >= 0.6 is 0 Å². The largest absolute Gasteiger partial charge is 0.443 e. The Morgan fingerprint density at radius 3 is 2.12 bits per heavy atom. The van der Waals surface area contributed by atoms with Crippen LogP contribution in [0, 0.1) is 5.92 Å². The van der Waals surface area contributed by atoms with Crippen LogP contribution in [0.1, 0.15) is 31.4 Å². The number of alkyl carbamates (subject to hydrolysis) is 1. The van der Waals surface area contributed by atoms with Gasteiger partial charge in [0.25, 0.3) is 0 Å². The van der Waals surface area contributed by atoms with E-state index in [-0.39, 0.29) is 19.5 Å². The summed E-state index contributed by atoms with van der Waals surface area (Å²) in [4.78, 5) is 12.4. The van der Waals surface area contributed by atoms with Gasteiger partial charge < -0.3 is 15.2 Å². The third-order valence-corrected chi connectivity index (χ3v) is 6.33. The molecule has 2 rings (SSSR count). The molecule has 8 heteroatoms. The minimum absolute atomic E-state index is 0.144. The Kier molecular flexibility index (Phi) is 10.2. The molecule has 0 spiro atoms. The highest BCUT2D eigenvalue weighted by molar-refractivity contribution is 7.88. The van der Waals surface area contributed by atoms with Gasteiger partial charge in [-0.2, -0.15) is 4.31 Å². The quantitative estimate of drug-likeness (QED) is 0.505. The van der Waals surface area contributed by atoms with Crippen LogP contribution in [0.15, 0.2) is 60.7 Å². The standard InChI is InChI=1S/C24H34N2O5S/c1-19(2)14-15-26(32(3,29)30)18-22(27)23(16-20-10-6-4-7-11-20)31-24(28)25-17-21-12-8-5-9-13-21/h4-13,19,22-23,27H,14-18H2,1-3H3,(H,25,28)/t22-,23-/m0/s1. The minimum atomic E-state index is -3.52. The Morgan fingerprint density at radius 1 is 1.03 bits per heavy atom. The molecule has 32 heavy (non-hydrogen) atoms. The van der Waals surface area contributed by atoms with Crippen LogP contribution in [0.25, 0.3) is 0 Å². The Balaban J connectivity index is 2.09. The summed E-state index contributed by atoms with van der Waals surface area (Å²) in [5, 5.41) is 13.6. The first-order valence-corrected chi connectivity index (χ1v) is 12.7. The van der Waals surface area contributed by atoms with Crippen molar-refractivity contribution in [2.75, 3.05) is 19.3 Å². The van der Waals surface area contributed by atoms with Crippen molar-refractivity contribution in [3.05, 3.63) is 71.8 Å². The molecule has 0 aliphatic rings. The van der Waals surface area contributed by atoms with Crippen LogP contribution in [0.3, 0.4) is 0 Å². The van der Waals surface area contributed by atoms with E-state index < -0.39 is 28.3 Å². The predicted molar refractivity (Wildman–Crippen MR) is 126 cm³/mol. The van der Waals surface area contributed by atoms with Gasteiger partial charge in [-0.1, -0.05) is 74.5 Å². The van der Waals surface area contributed by atoms with Crippen LogP contribution in [0.4, 0.5) is 4.79 Å². The number of amides is 1. The summed E-state index contributed by atoms with van der Waals surface area (Å²) in [6.45, 7) is 4.46. The van der Waals surface area contributed by atoms with E-state index >= 15 is 0 Å². The normalized spacial score (nSPS) is 13.7. The zero-order valence-corrected chi connectivity index (χ0v) is 19.8. The fourth-order valence-corrected chi connectivity index (χ4v) is 4.03. The lowest BCUT2D eigenvalue weighted by Crippen LogP contribution is -2.45. The van der Waals surface area contributed by atoms with Crippen LogP contribution < -0.4 is 5.32 Å². The molecule has 0 fully saturated rings. The summed E-state index contributed by atoms with van der Waals surface area (Å²) in [6.07, 6.45) is -0.693. The molecule has 2 N–H and O–H groups in total. The molecule has 0 radical (unpaired) electrons. The van der Waals surface area contributed by atoms with Crippen LogP contribution in [0.5, 0.6) is 0 Å². The van der Waals surface area contributed by atoms with Gasteiger partial charge in [0.05, 0.1) is 6.26 Å². The fraction of sp³-hybridized carbons (Fsp3) is 0.458. The second kappa shape index (κ2) is 12.6. The first kappa shape index (κ1) is 25.8. The number of rotatable bonds is 12. The van der Waals surface area contributed by atoms with Crippen molar-refractivity contribution < 1.29 is 23.1 Å². The van der Waals surface area contributed by atoms with Gasteiger partial charge in [0.1, 0.15) is 12.2 Å². The smallest absolute Gasteiger partial charge is 0.407 e. The molecule has 0 unspecified atom stereocenters. The van der Waals surface area contributed by atoms with Gasteiger partial charge in [0, 0.05) is 26.1 Å². The summed E-state index contributed by atoms with van der Waals surface area (Å²) in [5.74, 6) is 0.316. The van der Waals surface area contributed by atoms with Crippen LogP contribution in [-0.2, 0) is 27.7 Å². The maximum atomic E-state index is 12.4. The first-order chi connectivity index (χ1) is 15.1. The summed E-state index contributed by atoms with van der Waals surface area (Å²) in [7, 11) is -3.52. The van der Waals surface area contributed by atoms with Crippen LogP contribution in [0.2, 0.25) is 0 Å². The lowest BCUT2D eigenvalue weighted by molar-refractivity contribution is -0.00475. The fourth-order valence-electron chi connectivity index (χ4n) is 3.17. The Labute approximate surface area is 191 Å². The van der Waals surface area contributed by atoms with Crippen molar-refractivity contribution in [1.29, 1.82) is 0 Å². The number of hydrogen-bond acceptors (Lipinski definition) is 5. The highest BCUT2D eigenvalue weighted by atomic mass is 32.2.